The zero-order chi connectivity index (χ0) is 23.2. The number of halogens is 4. The fourth-order valence-electron chi connectivity index (χ4n) is 4.61. The van der Waals surface area contributed by atoms with Gasteiger partial charge in [0.2, 0.25) is 5.88 Å². The second kappa shape index (κ2) is 8.09. The van der Waals surface area contributed by atoms with E-state index < -0.39 is 29.6 Å². The van der Waals surface area contributed by atoms with Crippen LogP contribution in [0.2, 0.25) is 0 Å². The number of hydrogen-bond acceptors (Lipinski definition) is 5. The molecule has 170 valence electrons. The van der Waals surface area contributed by atoms with Crippen molar-refractivity contribution in [2.24, 2.45) is 5.92 Å². The highest BCUT2D eigenvalue weighted by Gasteiger charge is 2.49. The van der Waals surface area contributed by atoms with Crippen LogP contribution in [0.15, 0.2) is 55.0 Å². The quantitative estimate of drug-likeness (QED) is 0.543. The van der Waals surface area contributed by atoms with E-state index in [1.54, 1.807) is 17.0 Å². The number of hydrogen-bond donors (Lipinski definition) is 0. The second-order valence-electron chi connectivity index (χ2n) is 8.14. The van der Waals surface area contributed by atoms with Gasteiger partial charge in [-0.2, -0.15) is 13.2 Å². The SMILES string of the molecule is O=C(c1c(F)cccc1-c1ncccn1)N1C[C@H]2C[C@@H](Oc3ccc(C(F)(F)F)cn3)[C@@H]1C2. The van der Waals surface area contributed by atoms with Crippen LogP contribution >= 0.6 is 0 Å². The van der Waals surface area contributed by atoms with E-state index in [1.807, 2.05) is 0 Å². The number of pyridine rings is 1. The molecule has 0 unspecified atom stereocenters. The Morgan fingerprint density at radius 1 is 1.03 bits per heavy atom. The number of likely N-dealkylation sites (tertiary alicyclic amines) is 1. The smallest absolute Gasteiger partial charge is 0.417 e. The molecule has 5 rings (SSSR count). The Morgan fingerprint density at radius 3 is 2.48 bits per heavy atom. The second-order valence-corrected chi connectivity index (χ2v) is 8.14. The van der Waals surface area contributed by atoms with Crippen molar-refractivity contribution in [2.75, 3.05) is 6.54 Å². The molecule has 1 aliphatic carbocycles. The molecular formula is C23H18F4N4O2. The maximum absolute atomic E-state index is 14.8. The molecule has 3 atom stereocenters. The minimum absolute atomic E-state index is 0.0530. The normalized spacial score (nSPS) is 21.9. The van der Waals surface area contributed by atoms with E-state index in [2.05, 4.69) is 15.0 Å². The molecule has 2 fully saturated rings. The van der Waals surface area contributed by atoms with Crippen LogP contribution in [0.4, 0.5) is 17.6 Å². The summed E-state index contributed by atoms with van der Waals surface area (Å²) in [5.74, 6) is -0.711. The molecule has 6 nitrogen and oxygen atoms in total. The van der Waals surface area contributed by atoms with Gasteiger partial charge in [-0.15, -0.1) is 0 Å². The average Bonchev–Trinajstić information content (AvgIpc) is 3.39. The van der Waals surface area contributed by atoms with E-state index in [-0.39, 0.29) is 29.2 Å². The summed E-state index contributed by atoms with van der Waals surface area (Å²) in [6, 6.07) is 7.67. The molecule has 1 aromatic carbocycles. The fraction of sp³-hybridized carbons (Fsp3) is 0.304. The van der Waals surface area contributed by atoms with Gasteiger partial charge in [0.1, 0.15) is 11.9 Å². The number of nitrogens with zero attached hydrogens (tertiary/aromatic N) is 4. The summed E-state index contributed by atoms with van der Waals surface area (Å²) in [6.07, 6.45) is 0.129. The van der Waals surface area contributed by atoms with Crippen molar-refractivity contribution in [3.8, 4) is 17.3 Å². The third-order valence-electron chi connectivity index (χ3n) is 6.06. The molecule has 3 aromatic rings. The molecule has 1 saturated carbocycles. The van der Waals surface area contributed by atoms with Crippen LogP contribution in [0.5, 0.6) is 5.88 Å². The summed E-state index contributed by atoms with van der Waals surface area (Å²) in [4.78, 5) is 27.1. The van der Waals surface area contributed by atoms with Crippen LogP contribution in [0.25, 0.3) is 11.4 Å². The van der Waals surface area contributed by atoms with Gasteiger partial charge in [0, 0.05) is 36.8 Å². The molecule has 0 N–H and O–H groups in total. The Kier molecular flexibility index (Phi) is 5.22. The Labute approximate surface area is 186 Å². The highest BCUT2D eigenvalue weighted by Crippen LogP contribution is 2.41. The molecule has 1 amide bonds. The number of ether oxygens (including phenoxy) is 1. The molecule has 1 saturated heterocycles. The highest BCUT2D eigenvalue weighted by atomic mass is 19.4. The summed E-state index contributed by atoms with van der Waals surface area (Å²) in [6.45, 7) is 0.452. The lowest BCUT2D eigenvalue weighted by atomic mass is 10.0. The largest absolute Gasteiger partial charge is 0.472 e. The average molecular weight is 458 g/mol. The topological polar surface area (TPSA) is 68.2 Å². The number of carbonyl (C=O) groups excluding carboxylic acids is 1. The van der Waals surface area contributed by atoms with Gasteiger partial charge in [-0.05, 0) is 37.0 Å². The van der Waals surface area contributed by atoms with E-state index in [1.165, 1.54) is 30.6 Å². The maximum Gasteiger partial charge on any atom is 0.417 e. The third-order valence-corrected chi connectivity index (χ3v) is 6.06. The van der Waals surface area contributed by atoms with Gasteiger partial charge >= 0.3 is 6.18 Å². The zero-order valence-electron chi connectivity index (χ0n) is 17.2. The summed E-state index contributed by atoms with van der Waals surface area (Å²) in [5, 5.41) is 0. The van der Waals surface area contributed by atoms with Gasteiger partial charge < -0.3 is 9.64 Å². The lowest BCUT2D eigenvalue weighted by Crippen LogP contribution is -2.47. The molecule has 1 aliphatic heterocycles. The number of fused-ring (bicyclic) bond motifs is 2. The number of piperidine rings is 1. The van der Waals surface area contributed by atoms with Crippen LogP contribution in [-0.4, -0.2) is 44.4 Å². The lowest BCUT2D eigenvalue weighted by Gasteiger charge is -2.33. The van der Waals surface area contributed by atoms with Crippen molar-refractivity contribution < 1.29 is 27.1 Å². The van der Waals surface area contributed by atoms with E-state index >= 15 is 0 Å². The first kappa shape index (κ1) is 21.3. The van der Waals surface area contributed by atoms with Crippen molar-refractivity contribution in [1.29, 1.82) is 0 Å². The molecular weight excluding hydrogens is 440 g/mol. The number of alkyl halides is 3. The van der Waals surface area contributed by atoms with E-state index in [0.717, 1.165) is 12.3 Å². The molecule has 10 heteroatoms. The van der Waals surface area contributed by atoms with Crippen molar-refractivity contribution in [1.82, 2.24) is 19.9 Å². The minimum Gasteiger partial charge on any atom is -0.472 e. The van der Waals surface area contributed by atoms with Gasteiger partial charge in [0.25, 0.3) is 5.91 Å². The summed E-state index contributed by atoms with van der Waals surface area (Å²) < 4.78 is 59.0. The predicted molar refractivity (Wildman–Crippen MR) is 109 cm³/mol. The van der Waals surface area contributed by atoms with Crippen LogP contribution in [-0.2, 0) is 6.18 Å². The number of carbonyl (C=O) groups is 1. The summed E-state index contributed by atoms with van der Waals surface area (Å²) >= 11 is 0. The van der Waals surface area contributed by atoms with E-state index in [0.29, 0.717) is 24.9 Å². The lowest BCUT2D eigenvalue weighted by molar-refractivity contribution is -0.137. The standard InChI is InChI=1S/C23H18F4N4O2/c24-16-4-1-3-15(21-28-7-2-8-29-21)20(16)22(32)31-12-13-9-17(31)18(10-13)33-19-6-5-14(11-30-19)23(25,26)27/h1-8,11,13,17-18H,9-10,12H2/t13-,17+,18-/m1/s1. The van der Waals surface area contributed by atoms with Crippen LogP contribution in [0, 0.1) is 11.7 Å². The molecule has 0 radical (unpaired) electrons. The van der Waals surface area contributed by atoms with E-state index in [4.69, 9.17) is 4.74 Å². The van der Waals surface area contributed by atoms with E-state index in [9.17, 15) is 22.4 Å². The number of amides is 1. The monoisotopic (exact) mass is 458 g/mol. The van der Waals surface area contributed by atoms with Crippen molar-refractivity contribution >= 4 is 5.91 Å². The zero-order valence-corrected chi connectivity index (χ0v) is 17.2. The van der Waals surface area contributed by atoms with Crippen LogP contribution in [0.3, 0.4) is 0 Å². The summed E-state index contributed by atoms with van der Waals surface area (Å²) in [5.41, 5.74) is -0.678. The van der Waals surface area contributed by atoms with Gasteiger partial charge in [-0.25, -0.2) is 19.3 Å². The third kappa shape index (κ3) is 4.01. The Hall–Kier alpha value is -3.56. The fourth-order valence-corrected chi connectivity index (χ4v) is 4.61. The number of rotatable bonds is 4. The molecule has 2 aromatic heterocycles. The Morgan fingerprint density at radius 2 is 1.82 bits per heavy atom. The Bertz CT molecular complexity index is 1170. The van der Waals surface area contributed by atoms with Crippen molar-refractivity contribution in [2.45, 2.75) is 31.2 Å². The molecule has 0 spiro atoms. The first-order valence-corrected chi connectivity index (χ1v) is 10.4. The highest BCUT2D eigenvalue weighted by molar-refractivity contribution is 6.00. The minimum atomic E-state index is -4.49. The first-order valence-electron chi connectivity index (χ1n) is 10.4. The first-order chi connectivity index (χ1) is 15.8. The van der Waals surface area contributed by atoms with Crippen LogP contribution < -0.4 is 4.74 Å². The molecule has 33 heavy (non-hydrogen) atoms. The van der Waals surface area contributed by atoms with Gasteiger partial charge in [0.15, 0.2) is 5.82 Å². The van der Waals surface area contributed by atoms with Crippen molar-refractivity contribution in [3.05, 3.63) is 71.9 Å². The van der Waals surface area contributed by atoms with Gasteiger partial charge in [0.05, 0.1) is 17.2 Å². The summed E-state index contributed by atoms with van der Waals surface area (Å²) in [7, 11) is 0. The van der Waals surface area contributed by atoms with Gasteiger partial charge in [-0.1, -0.05) is 12.1 Å². The molecule has 2 bridgehead atoms. The Balaban J connectivity index is 1.38. The maximum atomic E-state index is 14.8. The predicted octanol–water partition coefficient (Wildman–Crippen LogP) is 4.38. The van der Waals surface area contributed by atoms with Crippen molar-refractivity contribution in [3.63, 3.8) is 0 Å². The van der Waals surface area contributed by atoms with Crippen LogP contribution in [0.1, 0.15) is 28.8 Å². The number of aromatic nitrogens is 3. The number of benzene rings is 1. The molecule has 3 heterocycles. The molecule has 2 aliphatic rings. The van der Waals surface area contributed by atoms with Gasteiger partial charge in [-0.3, -0.25) is 4.79 Å².